The summed E-state index contributed by atoms with van der Waals surface area (Å²) in [7, 11) is 2.84. The smallest absolute Gasteiger partial charge is 0.331 e. The number of methoxy groups -OCH3 is 2. The number of carbonyl (C=O) groups excluding carboxylic acids is 2. The number of allylic oxidation sites excluding steroid dienone is 1. The summed E-state index contributed by atoms with van der Waals surface area (Å²) >= 11 is 0. The highest BCUT2D eigenvalue weighted by Gasteiger charge is 2.74. The van der Waals surface area contributed by atoms with Crippen molar-refractivity contribution in [1.82, 2.24) is 0 Å². The maximum absolute atomic E-state index is 16.4. The van der Waals surface area contributed by atoms with Crippen molar-refractivity contribution in [2.45, 2.75) is 297 Å². The number of aliphatic hydroxyl groups is 18. The van der Waals surface area contributed by atoms with Gasteiger partial charge in [-0.3, -0.25) is 9.59 Å². The minimum atomic E-state index is -2.23. The Labute approximate surface area is 651 Å². The number of benzene rings is 1. The van der Waals surface area contributed by atoms with Gasteiger partial charge >= 0.3 is 17.9 Å². The van der Waals surface area contributed by atoms with E-state index in [4.69, 9.17) is 71.1 Å². The zero-order valence-corrected chi connectivity index (χ0v) is 64.3. The van der Waals surface area contributed by atoms with Crippen LogP contribution in [0.3, 0.4) is 0 Å². The first-order valence-electron chi connectivity index (χ1n) is 38.7. The molecule has 19 N–H and O–H groups in total. The van der Waals surface area contributed by atoms with Crippen molar-refractivity contribution in [2.75, 3.05) is 47.3 Å². The second-order valence-corrected chi connectivity index (χ2v) is 34.1. The van der Waals surface area contributed by atoms with Crippen molar-refractivity contribution < 1.29 is 182 Å². The molecule has 11 aliphatic rings. The quantitative estimate of drug-likeness (QED) is 0.0226. The Balaban J connectivity index is 0.867. The molecule has 1 aromatic carbocycles. The number of rotatable bonds is 22. The van der Waals surface area contributed by atoms with Gasteiger partial charge in [-0.25, -0.2) is 4.79 Å². The van der Waals surface area contributed by atoms with E-state index in [1.807, 2.05) is 26.8 Å². The van der Waals surface area contributed by atoms with Crippen molar-refractivity contribution in [3.05, 3.63) is 41.5 Å². The van der Waals surface area contributed by atoms with Crippen molar-refractivity contribution in [1.29, 1.82) is 0 Å². The Hall–Kier alpha value is -4.45. The molecule has 10 fully saturated rings. The highest BCUT2D eigenvalue weighted by Crippen LogP contribution is 2.76. The number of aliphatic hydroxyl groups excluding tert-OH is 18. The van der Waals surface area contributed by atoms with Crippen molar-refractivity contribution >= 4 is 24.0 Å². The molecule has 0 aromatic heterocycles. The van der Waals surface area contributed by atoms with Crippen LogP contribution in [0.25, 0.3) is 6.08 Å². The molecule has 12 rings (SSSR count). The minimum absolute atomic E-state index is 0.0433. The van der Waals surface area contributed by atoms with E-state index in [0.29, 0.717) is 36.3 Å². The lowest BCUT2D eigenvalue weighted by molar-refractivity contribution is -0.393. The largest absolute Gasteiger partial charge is 0.493 e. The molecule has 1 aromatic rings. The first-order chi connectivity index (χ1) is 53.3. The van der Waals surface area contributed by atoms with E-state index in [1.54, 1.807) is 18.2 Å². The fourth-order valence-corrected chi connectivity index (χ4v) is 20.7. The van der Waals surface area contributed by atoms with E-state index in [2.05, 4.69) is 6.92 Å². The van der Waals surface area contributed by atoms with Gasteiger partial charge in [0.2, 0.25) is 6.29 Å². The molecule has 6 saturated heterocycles. The third-order valence-corrected chi connectivity index (χ3v) is 27.3. The molecule has 37 heteroatoms. The molecule has 4 saturated carbocycles. The first kappa shape index (κ1) is 87.9. The Morgan fingerprint density at radius 3 is 1.62 bits per heavy atom. The standard InChI is InChI=1S/C76H114O37/c1-30-58(109-63-53(91)48(86)41(28-101-63)107-65-54(92)49(87)45(83)38(25-77)104-65)52(90)57(95)64(102-30)111-61-60(110-66-55(93)50(88)46(84)39(26-78)105-66)59(108-44(82)15-11-32-10-13-36(99-8)37(22-32)100-9)31(2)103-68(61)113-70(98)75-19-18-71(3,4)23-34(75)33-12-14-42-72(5)24-35(81)62(112-67-56(94)51(89)47(85)40(27-79)106-67)74(7,69(96)97)43(72)16-17-73(42,6)76(33,29-80)21-20-75/h10-13,15,22,30-31,34-35,38-43,45-68,77-81,83-95H,14,16-21,23-29H2,1-9H3,(H,96,97)/b15-11+/t30-,31+,34-,35-,38+,39+,40+,41+,42+,43+,45-,46+,47+,48-,49-,50-,51-,52-,53+,54+,55+,56+,57+,58-,59-,60-,61+,62-,63-,64-,65-,66-,67-,68-,72+,73+,74-,75-,76-/m0/s1. The van der Waals surface area contributed by atoms with Crippen LogP contribution in [-0.4, -0.2) is 353 Å². The summed E-state index contributed by atoms with van der Waals surface area (Å²) in [6.07, 6.45) is -49.9. The van der Waals surface area contributed by atoms with Gasteiger partial charge in [-0.2, -0.15) is 0 Å². The Morgan fingerprint density at radius 1 is 0.522 bits per heavy atom. The maximum atomic E-state index is 16.4. The summed E-state index contributed by atoms with van der Waals surface area (Å²) in [6, 6.07) is 4.75. The van der Waals surface area contributed by atoms with Gasteiger partial charge in [0.1, 0.15) is 122 Å². The summed E-state index contributed by atoms with van der Waals surface area (Å²) < 4.78 is 90.7. The normalized spacial score (nSPS) is 49.2. The number of esters is 2. The highest BCUT2D eigenvalue weighted by molar-refractivity contribution is 5.87. The van der Waals surface area contributed by atoms with Gasteiger partial charge in [-0.15, -0.1) is 0 Å². The number of hydrogen-bond acceptors (Lipinski definition) is 36. The summed E-state index contributed by atoms with van der Waals surface area (Å²) in [5.41, 5.74) is -5.69. The van der Waals surface area contributed by atoms with E-state index in [0.717, 1.165) is 11.6 Å². The molecule has 39 atom stereocenters. The number of carbonyl (C=O) groups is 3. The number of carboxylic acid groups (broad SMARTS) is 1. The van der Waals surface area contributed by atoms with Crippen molar-refractivity contribution in [3.63, 3.8) is 0 Å². The molecule has 113 heavy (non-hydrogen) atoms. The summed E-state index contributed by atoms with van der Waals surface area (Å²) in [6.45, 7) is 8.72. The van der Waals surface area contributed by atoms with Crippen LogP contribution < -0.4 is 9.47 Å². The second kappa shape index (κ2) is 34.0. The van der Waals surface area contributed by atoms with Gasteiger partial charge in [0, 0.05) is 11.5 Å². The molecule has 0 spiro atoms. The van der Waals surface area contributed by atoms with Crippen LogP contribution >= 0.6 is 0 Å². The Kier molecular flexibility index (Phi) is 26.4. The molecule has 37 nitrogen and oxygen atoms in total. The topological polar surface area (TPSA) is 574 Å². The number of fused-ring (bicyclic) bond motifs is 7. The molecule has 640 valence electrons. The zero-order chi connectivity index (χ0) is 82.4. The SMILES string of the molecule is COc1ccc(/C=C/C(=O)O[C@@H]2[C@H](O[C@@H]3O[C@H](CO)[C@@H](O)[C@H](O)[C@H]3O)[C@@H](O[C@@H]3O[C@@H](C)[C@H](O[C@@H]4OC[C@@H](O[C@@H]5O[C@H](CO)[C@H](O)[C@H](O)[C@H]5O)[C@H](O)[C@H]4O)[C@@H](O)[C@H]3O)[C@H](OC(=O)[C@]34CCC(C)(C)C[C@H]3C3=CC[C@@H]5[C@@]6(C)C[C@H](O)[C@H](O[C@@H]7O[C@H](CO)[C@@H](O)[C@H](O)[C@H]7O)[C@@](C)(C(=O)O)[C@@H]6CC[C@@]5(C)[C@]3(CO)CC4)O[C@@H]2C)cc1OC. The van der Waals surface area contributed by atoms with Crippen LogP contribution in [0.2, 0.25) is 0 Å². The third-order valence-electron chi connectivity index (χ3n) is 27.3. The van der Waals surface area contributed by atoms with Crippen LogP contribution in [0.5, 0.6) is 11.5 Å². The average molecular weight is 1620 g/mol. The molecule has 0 unspecified atom stereocenters. The fraction of sp³-hybridized carbons (Fsp3) is 0.829. The van der Waals surface area contributed by atoms with Gasteiger partial charge in [-0.05, 0) is 136 Å². The molecular formula is C76H114O37. The van der Waals surface area contributed by atoms with Gasteiger partial charge in [-0.1, -0.05) is 45.4 Å². The highest BCUT2D eigenvalue weighted by atomic mass is 16.8. The van der Waals surface area contributed by atoms with Gasteiger partial charge in [0.05, 0.1) is 76.4 Å². The van der Waals surface area contributed by atoms with Gasteiger partial charge < -0.3 is 168 Å². The van der Waals surface area contributed by atoms with Crippen LogP contribution in [-0.2, 0) is 76.0 Å². The van der Waals surface area contributed by atoms with Crippen LogP contribution in [0.15, 0.2) is 35.9 Å². The number of ether oxygens (including phenoxy) is 15. The fourth-order valence-electron chi connectivity index (χ4n) is 20.7. The number of hydrogen-bond donors (Lipinski definition) is 19. The van der Waals surface area contributed by atoms with Crippen LogP contribution in [0, 0.1) is 50.2 Å². The van der Waals surface area contributed by atoms with Gasteiger partial charge in [0.25, 0.3) is 0 Å². The molecule has 0 bridgehead atoms. The Bertz CT molecular complexity index is 3530. The predicted molar refractivity (Wildman–Crippen MR) is 376 cm³/mol. The number of aliphatic carboxylic acids is 1. The molecule has 6 aliphatic heterocycles. The van der Waals surface area contributed by atoms with Crippen molar-refractivity contribution in [3.8, 4) is 11.5 Å². The maximum Gasteiger partial charge on any atom is 0.331 e. The molecule has 0 radical (unpaired) electrons. The van der Waals surface area contributed by atoms with Crippen molar-refractivity contribution in [2.24, 2.45) is 50.2 Å². The number of carboxylic acids is 1. The van der Waals surface area contributed by atoms with E-state index in [1.165, 1.54) is 41.1 Å². The summed E-state index contributed by atoms with van der Waals surface area (Å²) in [4.78, 5) is 44.9. The second-order valence-electron chi connectivity index (χ2n) is 34.1. The van der Waals surface area contributed by atoms with Crippen LogP contribution in [0.1, 0.15) is 112 Å². The Morgan fingerprint density at radius 2 is 1.04 bits per heavy atom. The zero-order valence-electron chi connectivity index (χ0n) is 64.3. The monoisotopic (exact) mass is 1620 g/mol. The lowest BCUT2D eigenvalue weighted by Crippen LogP contribution is -2.71. The summed E-state index contributed by atoms with van der Waals surface area (Å²) in [5, 5.41) is 211. The predicted octanol–water partition coefficient (Wildman–Crippen LogP) is -4.40. The minimum Gasteiger partial charge on any atom is -0.493 e. The van der Waals surface area contributed by atoms with E-state index in [-0.39, 0.29) is 38.5 Å². The van der Waals surface area contributed by atoms with E-state index in [9.17, 15) is 107 Å². The molecule has 6 heterocycles. The first-order valence-corrected chi connectivity index (χ1v) is 38.7. The molecule has 0 amide bonds. The third kappa shape index (κ3) is 15.6. The van der Waals surface area contributed by atoms with E-state index < -0.39 is 292 Å². The summed E-state index contributed by atoms with van der Waals surface area (Å²) in [5.74, 6) is -4.50. The van der Waals surface area contributed by atoms with Gasteiger partial charge in [0.15, 0.2) is 55.2 Å². The lowest BCUT2D eigenvalue weighted by Gasteiger charge is -2.71. The average Bonchev–Trinajstić information content (AvgIpc) is 0.667. The molecule has 5 aliphatic carbocycles. The lowest BCUT2D eigenvalue weighted by atomic mass is 9.33. The van der Waals surface area contributed by atoms with Crippen LogP contribution in [0.4, 0.5) is 0 Å². The molecular weight excluding hydrogens is 1500 g/mol. The van der Waals surface area contributed by atoms with E-state index >= 15 is 4.79 Å².